The van der Waals surface area contributed by atoms with Gasteiger partial charge in [0.15, 0.2) is 18.2 Å². The minimum atomic E-state index is -0.985. The smallest absolute Gasteiger partial charge is 0.338 e. The highest BCUT2D eigenvalue weighted by molar-refractivity contribution is 5.95. The maximum absolute atomic E-state index is 13.6. The molecule has 2 aromatic carbocycles. The Balaban J connectivity index is 1.98. The second-order valence-corrected chi connectivity index (χ2v) is 4.89. The van der Waals surface area contributed by atoms with Crippen LogP contribution >= 0.6 is 0 Å². The molecule has 0 unspecified atom stereocenters. The average Bonchev–Trinajstić information content (AvgIpc) is 2.61. The van der Waals surface area contributed by atoms with E-state index in [0.717, 1.165) is 24.3 Å². The zero-order valence-electron chi connectivity index (χ0n) is 13.3. The topological polar surface area (TPSA) is 108 Å². The normalized spacial score (nSPS) is 10.1. The Kier molecular flexibility index (Phi) is 5.78. The molecule has 0 atom stereocenters. The van der Waals surface area contributed by atoms with Crippen LogP contribution in [0, 0.1) is 21.7 Å². The largest absolute Gasteiger partial charge is 0.494 e. The molecule has 0 aliphatic heterocycles. The Morgan fingerprint density at radius 1 is 1.15 bits per heavy atom. The van der Waals surface area contributed by atoms with Gasteiger partial charge in [0, 0.05) is 12.1 Å². The first-order valence-electron chi connectivity index (χ1n) is 7.06. The molecule has 2 aromatic rings. The van der Waals surface area contributed by atoms with Gasteiger partial charge in [0.2, 0.25) is 0 Å². The van der Waals surface area contributed by atoms with Gasteiger partial charge in [-0.1, -0.05) is 0 Å². The van der Waals surface area contributed by atoms with Gasteiger partial charge in [-0.3, -0.25) is 14.9 Å². The fraction of sp³-hybridized carbons (Fsp3) is 0.125. The molecule has 1 N–H and O–H groups in total. The number of nitrogens with one attached hydrogen (secondary N) is 1. The summed E-state index contributed by atoms with van der Waals surface area (Å²) in [5, 5.41) is 12.7. The number of ether oxygens (including phenoxy) is 2. The van der Waals surface area contributed by atoms with Crippen molar-refractivity contribution in [2.24, 2.45) is 0 Å². The van der Waals surface area contributed by atoms with E-state index in [1.807, 2.05) is 0 Å². The highest BCUT2D eigenvalue weighted by Crippen LogP contribution is 2.21. The summed E-state index contributed by atoms with van der Waals surface area (Å²) in [6.07, 6.45) is 0. The van der Waals surface area contributed by atoms with Crippen LogP contribution in [0.25, 0.3) is 0 Å². The number of carbonyl (C=O) groups is 2. The number of hydrogen-bond acceptors (Lipinski definition) is 6. The lowest BCUT2D eigenvalue weighted by Crippen LogP contribution is -2.21. The van der Waals surface area contributed by atoms with E-state index in [0.29, 0.717) is 0 Å². The van der Waals surface area contributed by atoms with E-state index in [9.17, 15) is 28.5 Å². The Morgan fingerprint density at radius 3 is 2.50 bits per heavy atom. The van der Waals surface area contributed by atoms with Crippen molar-refractivity contribution < 1.29 is 32.8 Å². The molecule has 0 aliphatic carbocycles. The number of rotatable bonds is 6. The Bertz CT molecular complexity index is 872. The van der Waals surface area contributed by atoms with Crippen LogP contribution in [0.3, 0.4) is 0 Å². The van der Waals surface area contributed by atoms with E-state index in [2.05, 4.69) is 5.32 Å². The predicted octanol–water partition coefficient (Wildman–Crippen LogP) is 2.68. The van der Waals surface area contributed by atoms with Gasteiger partial charge in [-0.25, -0.2) is 13.6 Å². The van der Waals surface area contributed by atoms with Crippen molar-refractivity contribution >= 4 is 23.3 Å². The summed E-state index contributed by atoms with van der Waals surface area (Å²) < 4.78 is 36.5. The fourth-order valence-electron chi connectivity index (χ4n) is 1.92. The van der Waals surface area contributed by atoms with Gasteiger partial charge in [0.25, 0.3) is 11.6 Å². The lowest BCUT2D eigenvalue weighted by molar-refractivity contribution is -0.384. The molecule has 0 aromatic heterocycles. The van der Waals surface area contributed by atoms with Crippen LogP contribution in [0.2, 0.25) is 0 Å². The number of esters is 1. The highest BCUT2D eigenvalue weighted by atomic mass is 19.1. The van der Waals surface area contributed by atoms with Gasteiger partial charge < -0.3 is 14.8 Å². The quantitative estimate of drug-likeness (QED) is 0.478. The van der Waals surface area contributed by atoms with Crippen molar-refractivity contribution in [2.45, 2.75) is 0 Å². The molecule has 136 valence electrons. The predicted molar refractivity (Wildman–Crippen MR) is 84.9 cm³/mol. The van der Waals surface area contributed by atoms with E-state index in [4.69, 9.17) is 9.47 Å². The van der Waals surface area contributed by atoms with Crippen LogP contribution in [-0.4, -0.2) is 30.5 Å². The van der Waals surface area contributed by atoms with E-state index in [1.165, 1.54) is 19.2 Å². The number of nitrogens with zero attached hydrogens (tertiary/aromatic N) is 1. The second-order valence-electron chi connectivity index (χ2n) is 4.89. The molecule has 0 heterocycles. The number of carbonyl (C=O) groups excluding carboxylic acids is 2. The molecule has 0 radical (unpaired) electrons. The van der Waals surface area contributed by atoms with E-state index >= 15 is 0 Å². The third kappa shape index (κ3) is 4.50. The number of amides is 1. The van der Waals surface area contributed by atoms with E-state index in [-0.39, 0.29) is 11.3 Å². The van der Waals surface area contributed by atoms with Crippen molar-refractivity contribution in [1.82, 2.24) is 0 Å². The third-order valence-electron chi connectivity index (χ3n) is 3.16. The fourth-order valence-corrected chi connectivity index (χ4v) is 1.92. The van der Waals surface area contributed by atoms with Gasteiger partial charge >= 0.3 is 5.97 Å². The molecule has 0 saturated carbocycles. The molecule has 0 spiro atoms. The molecule has 0 bridgehead atoms. The van der Waals surface area contributed by atoms with Crippen LogP contribution < -0.4 is 10.1 Å². The Morgan fingerprint density at radius 2 is 1.88 bits per heavy atom. The van der Waals surface area contributed by atoms with Gasteiger partial charge in [-0.05, 0) is 24.3 Å². The monoisotopic (exact) mass is 366 g/mol. The zero-order chi connectivity index (χ0) is 19.3. The van der Waals surface area contributed by atoms with Crippen molar-refractivity contribution in [1.29, 1.82) is 0 Å². The number of non-ortho nitro benzene ring substituents is 1. The first-order chi connectivity index (χ1) is 12.3. The summed E-state index contributed by atoms with van der Waals surface area (Å²) in [5.74, 6) is -3.66. The molecular formula is C16H12F2N2O6. The number of nitro benzene ring substituents is 1. The zero-order valence-corrected chi connectivity index (χ0v) is 13.3. The molecule has 0 aliphatic rings. The van der Waals surface area contributed by atoms with Crippen LogP contribution in [-0.2, 0) is 9.53 Å². The van der Waals surface area contributed by atoms with Crippen molar-refractivity contribution in [3.63, 3.8) is 0 Å². The van der Waals surface area contributed by atoms with Crippen LogP contribution in [0.5, 0.6) is 5.75 Å². The Hall–Kier alpha value is -3.56. The van der Waals surface area contributed by atoms with Crippen LogP contribution in [0.15, 0.2) is 36.4 Å². The number of benzene rings is 2. The number of nitro groups is 1. The minimum Gasteiger partial charge on any atom is -0.494 e. The molecule has 10 heteroatoms. The lowest BCUT2D eigenvalue weighted by Gasteiger charge is -2.08. The van der Waals surface area contributed by atoms with Crippen molar-refractivity contribution in [2.75, 3.05) is 19.0 Å². The van der Waals surface area contributed by atoms with Crippen LogP contribution in [0.4, 0.5) is 20.2 Å². The molecule has 2 rings (SSSR count). The van der Waals surface area contributed by atoms with Gasteiger partial charge in [0.1, 0.15) is 5.82 Å². The molecular weight excluding hydrogens is 354 g/mol. The molecule has 8 nitrogen and oxygen atoms in total. The Labute approximate surface area is 145 Å². The summed E-state index contributed by atoms with van der Waals surface area (Å²) in [5.41, 5.74) is -1.01. The number of halogens is 2. The number of methoxy groups -OCH3 is 1. The number of hydrogen-bond donors (Lipinski definition) is 1. The summed E-state index contributed by atoms with van der Waals surface area (Å²) >= 11 is 0. The average molecular weight is 366 g/mol. The minimum absolute atomic E-state index is 0.0690. The van der Waals surface area contributed by atoms with Crippen molar-refractivity contribution in [3.8, 4) is 5.75 Å². The van der Waals surface area contributed by atoms with E-state index in [1.54, 1.807) is 0 Å². The van der Waals surface area contributed by atoms with Gasteiger partial charge in [-0.2, -0.15) is 0 Å². The maximum Gasteiger partial charge on any atom is 0.338 e. The summed E-state index contributed by atoms with van der Waals surface area (Å²) in [4.78, 5) is 33.4. The van der Waals surface area contributed by atoms with E-state index < -0.39 is 46.4 Å². The standard InChI is InChI=1S/C16H12F2N2O6/c1-25-14-5-2-9(6-12(14)18)16(22)26-8-15(21)19-13-7-10(20(23)24)3-4-11(13)17/h2-7H,8H2,1H3,(H,19,21). The third-order valence-corrected chi connectivity index (χ3v) is 3.16. The van der Waals surface area contributed by atoms with Crippen LogP contribution in [0.1, 0.15) is 10.4 Å². The summed E-state index contributed by atoms with van der Waals surface area (Å²) in [6, 6.07) is 5.91. The van der Waals surface area contributed by atoms with Gasteiger partial charge in [0.05, 0.1) is 23.3 Å². The highest BCUT2D eigenvalue weighted by Gasteiger charge is 2.16. The first kappa shape index (κ1) is 18.8. The van der Waals surface area contributed by atoms with Gasteiger partial charge in [-0.15, -0.1) is 0 Å². The summed E-state index contributed by atoms with van der Waals surface area (Å²) in [6.45, 7) is -0.797. The maximum atomic E-state index is 13.6. The molecule has 0 fully saturated rings. The summed E-state index contributed by atoms with van der Waals surface area (Å²) in [7, 11) is 1.26. The molecule has 1 amide bonds. The lowest BCUT2D eigenvalue weighted by atomic mass is 10.2. The second kappa shape index (κ2) is 8.01. The first-order valence-corrected chi connectivity index (χ1v) is 7.06. The molecule has 26 heavy (non-hydrogen) atoms. The molecule has 0 saturated heterocycles. The SMILES string of the molecule is COc1ccc(C(=O)OCC(=O)Nc2cc([N+](=O)[O-])ccc2F)cc1F. The number of anilines is 1. The van der Waals surface area contributed by atoms with Crippen molar-refractivity contribution in [3.05, 3.63) is 63.7 Å².